The van der Waals surface area contributed by atoms with Crippen LogP contribution in [0.25, 0.3) is 0 Å². The van der Waals surface area contributed by atoms with Gasteiger partial charge in [-0.15, -0.1) is 0 Å². The van der Waals surface area contributed by atoms with Gasteiger partial charge in [-0.2, -0.15) is 13.2 Å². The Balaban J connectivity index is 2.43. The van der Waals surface area contributed by atoms with Gasteiger partial charge in [-0.1, -0.05) is 17.7 Å². The van der Waals surface area contributed by atoms with Gasteiger partial charge in [0.25, 0.3) is 0 Å². The summed E-state index contributed by atoms with van der Waals surface area (Å²) in [5.74, 6) is 0. The highest BCUT2D eigenvalue weighted by molar-refractivity contribution is 6.63. The van der Waals surface area contributed by atoms with Crippen LogP contribution in [0.2, 0.25) is 5.02 Å². The molecule has 2 rings (SSSR count). The second-order valence-electron chi connectivity index (χ2n) is 6.23. The molecule has 1 fully saturated rings. The fourth-order valence-electron chi connectivity index (χ4n) is 2.14. The number of hydrogen-bond acceptors (Lipinski definition) is 2. The Morgan fingerprint density at radius 2 is 1.52 bits per heavy atom. The van der Waals surface area contributed by atoms with Gasteiger partial charge >= 0.3 is 13.3 Å². The lowest BCUT2D eigenvalue weighted by molar-refractivity contribution is -0.137. The molecule has 0 aliphatic carbocycles. The molecule has 0 aromatic heterocycles. The summed E-state index contributed by atoms with van der Waals surface area (Å²) >= 11 is 5.87. The maximum absolute atomic E-state index is 12.8. The van der Waals surface area contributed by atoms with Gasteiger partial charge < -0.3 is 9.31 Å². The summed E-state index contributed by atoms with van der Waals surface area (Å²) in [6, 6.07) is 2.34. The second-order valence-corrected chi connectivity index (χ2v) is 6.61. The molecule has 1 saturated heterocycles. The molecule has 1 aromatic rings. The lowest BCUT2D eigenvalue weighted by Crippen LogP contribution is -2.41. The molecule has 0 N–H and O–H groups in total. The third-order valence-corrected chi connectivity index (χ3v) is 4.73. The summed E-state index contributed by atoms with van der Waals surface area (Å²) < 4.78 is 50.2. The summed E-state index contributed by atoms with van der Waals surface area (Å²) in [4.78, 5) is 0. The average Bonchev–Trinajstić information content (AvgIpc) is 2.50. The Hall–Kier alpha value is -0.715. The molecule has 1 aromatic carbocycles. The van der Waals surface area contributed by atoms with Crippen LogP contribution in [0.1, 0.15) is 38.8 Å². The van der Waals surface area contributed by atoms with E-state index in [4.69, 9.17) is 20.9 Å². The molecular weight excluding hydrogens is 303 g/mol. The summed E-state index contributed by atoms with van der Waals surface area (Å²) in [7, 11) is -0.727. The first-order valence-corrected chi connectivity index (χ1v) is 6.96. The summed E-state index contributed by atoms with van der Waals surface area (Å²) in [6.45, 7) is 9.07. The van der Waals surface area contributed by atoms with Crippen LogP contribution in [0.4, 0.5) is 13.2 Å². The molecule has 0 saturated carbocycles. The minimum absolute atomic E-state index is 0.310. The summed E-state index contributed by atoms with van der Waals surface area (Å²) in [5, 5.41) is -0.310. The predicted octanol–water partition coefficient (Wildman–Crippen LogP) is 3.97. The molecule has 116 valence electrons. The number of halogens is 4. The molecule has 1 aliphatic heterocycles. The van der Waals surface area contributed by atoms with Crippen molar-refractivity contribution in [2.75, 3.05) is 0 Å². The molecule has 0 spiro atoms. The van der Waals surface area contributed by atoms with Gasteiger partial charge in [0, 0.05) is 0 Å². The van der Waals surface area contributed by atoms with E-state index >= 15 is 0 Å². The van der Waals surface area contributed by atoms with Crippen molar-refractivity contribution in [2.24, 2.45) is 0 Å². The quantitative estimate of drug-likeness (QED) is 0.729. The van der Waals surface area contributed by atoms with Crippen LogP contribution in [0.3, 0.4) is 0 Å². The zero-order valence-corrected chi connectivity index (χ0v) is 13.3. The van der Waals surface area contributed by atoms with Gasteiger partial charge in [0.05, 0.1) is 21.8 Å². The van der Waals surface area contributed by atoms with Crippen LogP contribution in [0.5, 0.6) is 0 Å². The molecule has 0 bridgehead atoms. The molecule has 1 aliphatic rings. The van der Waals surface area contributed by atoms with Crippen molar-refractivity contribution in [3.8, 4) is 0 Å². The molecule has 0 amide bonds. The average molecular weight is 321 g/mol. The van der Waals surface area contributed by atoms with Gasteiger partial charge in [0.1, 0.15) is 0 Å². The van der Waals surface area contributed by atoms with Crippen molar-refractivity contribution in [3.63, 3.8) is 0 Å². The van der Waals surface area contributed by atoms with E-state index in [1.54, 1.807) is 0 Å². The van der Waals surface area contributed by atoms with Crippen molar-refractivity contribution in [1.82, 2.24) is 0 Å². The van der Waals surface area contributed by atoms with Crippen molar-refractivity contribution in [2.45, 2.75) is 52.0 Å². The number of hydrogen-bond donors (Lipinski definition) is 0. The Morgan fingerprint density at radius 3 is 1.95 bits per heavy atom. The standard InChI is InChI=1S/C14H17BClF3O2/c1-8-10(7-6-9(11(8)16)14(17,18)19)15-20-12(2,3)13(4,5)21-15/h6-7H,1-5H3. The van der Waals surface area contributed by atoms with Gasteiger partial charge in [0.2, 0.25) is 0 Å². The van der Waals surface area contributed by atoms with Crippen molar-refractivity contribution >= 4 is 24.2 Å². The lowest BCUT2D eigenvalue weighted by Gasteiger charge is -2.32. The fraction of sp³-hybridized carbons (Fsp3) is 0.571. The van der Waals surface area contributed by atoms with E-state index in [0.29, 0.717) is 11.0 Å². The smallest absolute Gasteiger partial charge is 0.399 e. The lowest BCUT2D eigenvalue weighted by atomic mass is 9.75. The van der Waals surface area contributed by atoms with Crippen LogP contribution in [-0.2, 0) is 15.5 Å². The number of alkyl halides is 3. The number of rotatable bonds is 1. The molecule has 7 heteroatoms. The highest BCUT2D eigenvalue weighted by atomic mass is 35.5. The molecular formula is C14H17BClF3O2. The van der Waals surface area contributed by atoms with Crippen LogP contribution in [0, 0.1) is 6.92 Å². The normalized spacial score (nSPS) is 20.9. The minimum Gasteiger partial charge on any atom is -0.399 e. The third kappa shape index (κ3) is 2.81. The Kier molecular flexibility index (Phi) is 3.88. The van der Waals surface area contributed by atoms with E-state index in [0.717, 1.165) is 6.07 Å². The fourth-order valence-corrected chi connectivity index (χ4v) is 2.42. The van der Waals surface area contributed by atoms with Crippen molar-refractivity contribution in [3.05, 3.63) is 28.3 Å². The highest BCUT2D eigenvalue weighted by Gasteiger charge is 2.52. The van der Waals surface area contributed by atoms with E-state index < -0.39 is 30.1 Å². The van der Waals surface area contributed by atoms with Crippen molar-refractivity contribution in [1.29, 1.82) is 0 Å². The van der Waals surface area contributed by atoms with E-state index in [-0.39, 0.29) is 5.02 Å². The third-order valence-electron chi connectivity index (χ3n) is 4.24. The maximum Gasteiger partial charge on any atom is 0.495 e. The first-order chi connectivity index (χ1) is 9.37. The Morgan fingerprint density at radius 1 is 1.05 bits per heavy atom. The largest absolute Gasteiger partial charge is 0.495 e. The van der Waals surface area contributed by atoms with Gasteiger partial charge in [0.15, 0.2) is 0 Å². The molecule has 0 radical (unpaired) electrons. The van der Waals surface area contributed by atoms with Gasteiger partial charge in [-0.25, -0.2) is 0 Å². The van der Waals surface area contributed by atoms with Crippen LogP contribution in [-0.4, -0.2) is 18.3 Å². The predicted molar refractivity (Wildman–Crippen MR) is 76.9 cm³/mol. The van der Waals surface area contributed by atoms with Crippen LogP contribution in [0.15, 0.2) is 12.1 Å². The molecule has 21 heavy (non-hydrogen) atoms. The first-order valence-electron chi connectivity index (χ1n) is 6.58. The topological polar surface area (TPSA) is 18.5 Å². The first kappa shape index (κ1) is 16.7. The van der Waals surface area contributed by atoms with E-state index in [1.807, 2.05) is 27.7 Å². The molecule has 0 atom stereocenters. The summed E-state index contributed by atoms with van der Waals surface area (Å²) in [5.41, 5.74) is -1.11. The molecule has 0 unspecified atom stereocenters. The van der Waals surface area contributed by atoms with Crippen LogP contribution < -0.4 is 5.46 Å². The van der Waals surface area contributed by atoms with Crippen LogP contribution >= 0.6 is 11.6 Å². The zero-order valence-electron chi connectivity index (χ0n) is 12.6. The summed E-state index contributed by atoms with van der Waals surface area (Å²) in [6.07, 6.45) is -4.48. The second kappa shape index (κ2) is 4.90. The Bertz CT molecular complexity index is 554. The SMILES string of the molecule is Cc1c(B2OC(C)(C)C(C)(C)O2)ccc(C(F)(F)F)c1Cl. The highest BCUT2D eigenvalue weighted by Crippen LogP contribution is 2.39. The minimum atomic E-state index is -4.48. The Labute approximate surface area is 127 Å². The van der Waals surface area contributed by atoms with E-state index in [2.05, 4.69) is 0 Å². The monoisotopic (exact) mass is 320 g/mol. The maximum atomic E-state index is 12.8. The number of benzene rings is 1. The van der Waals surface area contributed by atoms with Gasteiger partial charge in [-0.05, 0) is 51.7 Å². The molecule has 1 heterocycles. The van der Waals surface area contributed by atoms with Crippen molar-refractivity contribution < 1.29 is 22.5 Å². The van der Waals surface area contributed by atoms with E-state index in [9.17, 15) is 13.2 Å². The zero-order chi connectivity index (χ0) is 16.2. The van der Waals surface area contributed by atoms with E-state index in [1.165, 1.54) is 13.0 Å². The molecule has 2 nitrogen and oxygen atoms in total. The van der Waals surface area contributed by atoms with Gasteiger partial charge in [-0.3, -0.25) is 0 Å².